The Kier molecular flexibility index (Phi) is 4.35. The lowest BCUT2D eigenvalue weighted by atomic mass is 10.1. The van der Waals surface area contributed by atoms with E-state index in [2.05, 4.69) is 5.32 Å². The summed E-state index contributed by atoms with van der Waals surface area (Å²) in [6, 6.07) is 12.7. The van der Waals surface area contributed by atoms with E-state index in [1.165, 1.54) is 17.9 Å². The third-order valence-corrected chi connectivity index (χ3v) is 4.54. The molecule has 1 N–H and O–H groups in total. The molecule has 0 fully saturated rings. The average Bonchev–Trinajstić information content (AvgIpc) is 2.38. The highest BCUT2D eigenvalue weighted by Gasteiger charge is 2.10. The number of aryl methyl sites for hydroxylation is 1. The second-order valence-corrected chi connectivity index (χ2v) is 7.12. The summed E-state index contributed by atoms with van der Waals surface area (Å²) >= 11 is 6.09. The minimum Gasteiger partial charge on any atom is -0.380 e. The van der Waals surface area contributed by atoms with E-state index in [4.69, 9.17) is 11.6 Å². The van der Waals surface area contributed by atoms with Crippen LogP contribution in [0.3, 0.4) is 0 Å². The zero-order chi connectivity index (χ0) is 14.8. The lowest BCUT2D eigenvalue weighted by Gasteiger charge is -2.11. The first-order valence-corrected chi connectivity index (χ1v) is 8.43. The van der Waals surface area contributed by atoms with E-state index >= 15 is 0 Å². The quantitative estimate of drug-likeness (QED) is 0.937. The normalized spacial score (nSPS) is 11.3. The minimum atomic E-state index is -3.23. The van der Waals surface area contributed by atoms with Crippen LogP contribution >= 0.6 is 11.6 Å². The third-order valence-electron chi connectivity index (χ3n) is 3.10. The fraction of sp³-hybridized carbons (Fsp3) is 0.200. The van der Waals surface area contributed by atoms with Gasteiger partial charge in [-0.15, -0.1) is 0 Å². The zero-order valence-corrected chi connectivity index (χ0v) is 12.9. The Balaban J connectivity index is 2.24. The molecule has 0 spiro atoms. The summed E-state index contributed by atoms with van der Waals surface area (Å²) in [6.07, 6.45) is 1.18. The highest BCUT2D eigenvalue weighted by Crippen LogP contribution is 2.26. The molecule has 3 nitrogen and oxygen atoms in total. The molecule has 0 aliphatic rings. The lowest BCUT2D eigenvalue weighted by Crippen LogP contribution is -2.04. The van der Waals surface area contributed by atoms with Crippen LogP contribution in [-0.4, -0.2) is 14.7 Å². The molecule has 2 aromatic carbocycles. The number of sulfone groups is 1. The number of halogens is 1. The van der Waals surface area contributed by atoms with E-state index in [1.807, 2.05) is 31.2 Å². The first kappa shape index (κ1) is 14.9. The molecule has 0 aliphatic carbocycles. The molecular weight excluding hydrogens is 294 g/mol. The number of anilines is 1. The van der Waals surface area contributed by atoms with Crippen LogP contribution in [0.1, 0.15) is 11.1 Å². The largest absolute Gasteiger partial charge is 0.380 e. The van der Waals surface area contributed by atoms with Crippen LogP contribution in [0.25, 0.3) is 0 Å². The van der Waals surface area contributed by atoms with Crippen molar-refractivity contribution in [1.29, 1.82) is 0 Å². The number of benzene rings is 2. The van der Waals surface area contributed by atoms with Crippen LogP contribution < -0.4 is 5.32 Å². The highest BCUT2D eigenvalue weighted by molar-refractivity contribution is 7.90. The summed E-state index contributed by atoms with van der Waals surface area (Å²) in [5, 5.41) is 3.69. The van der Waals surface area contributed by atoms with Gasteiger partial charge in [0.15, 0.2) is 9.84 Å². The molecule has 0 saturated heterocycles. The van der Waals surface area contributed by atoms with Crippen molar-refractivity contribution in [3.05, 3.63) is 58.6 Å². The van der Waals surface area contributed by atoms with Crippen LogP contribution in [0.2, 0.25) is 5.02 Å². The topological polar surface area (TPSA) is 46.2 Å². The maximum atomic E-state index is 11.6. The van der Waals surface area contributed by atoms with Gasteiger partial charge >= 0.3 is 0 Å². The van der Waals surface area contributed by atoms with Crippen LogP contribution in [0.15, 0.2) is 47.4 Å². The predicted molar refractivity (Wildman–Crippen MR) is 83.1 cm³/mol. The molecule has 20 heavy (non-hydrogen) atoms. The lowest BCUT2D eigenvalue weighted by molar-refractivity contribution is 0.602. The molecule has 0 aromatic heterocycles. The van der Waals surface area contributed by atoms with Crippen molar-refractivity contribution < 1.29 is 8.42 Å². The number of nitrogens with one attached hydrogen (secondary N) is 1. The average molecular weight is 310 g/mol. The summed E-state index contributed by atoms with van der Waals surface area (Å²) in [6.45, 7) is 2.63. The van der Waals surface area contributed by atoms with Gasteiger partial charge in [-0.05, 0) is 36.2 Å². The van der Waals surface area contributed by atoms with Crippen LogP contribution in [0, 0.1) is 6.92 Å². The summed E-state index contributed by atoms with van der Waals surface area (Å²) in [7, 11) is -3.23. The fourth-order valence-electron chi connectivity index (χ4n) is 1.87. The Morgan fingerprint density at radius 3 is 2.50 bits per heavy atom. The Morgan fingerprint density at radius 1 is 1.15 bits per heavy atom. The molecule has 0 bridgehead atoms. The maximum Gasteiger partial charge on any atom is 0.175 e. The van der Waals surface area contributed by atoms with Crippen LogP contribution in [0.4, 0.5) is 5.69 Å². The van der Waals surface area contributed by atoms with E-state index in [0.29, 0.717) is 17.3 Å². The Hall–Kier alpha value is -1.52. The summed E-state index contributed by atoms with van der Waals surface area (Å²) in [5.74, 6) is 0. The molecule has 0 saturated carbocycles. The van der Waals surface area contributed by atoms with Gasteiger partial charge in [0.05, 0.1) is 15.6 Å². The Morgan fingerprint density at radius 2 is 1.85 bits per heavy atom. The van der Waals surface area contributed by atoms with Crippen molar-refractivity contribution in [3.8, 4) is 0 Å². The SMILES string of the molecule is Cc1ccccc1CNc1cc(S(C)(=O)=O)ccc1Cl. The summed E-state index contributed by atoms with van der Waals surface area (Å²) in [5.41, 5.74) is 2.95. The fourth-order valence-corrected chi connectivity index (χ4v) is 2.70. The molecule has 0 heterocycles. The van der Waals surface area contributed by atoms with Gasteiger partial charge in [0.1, 0.15) is 0 Å². The van der Waals surface area contributed by atoms with E-state index in [-0.39, 0.29) is 4.90 Å². The Labute approximate surface area is 124 Å². The third kappa shape index (κ3) is 3.52. The standard InChI is InChI=1S/C15H16ClNO2S/c1-11-5-3-4-6-12(11)10-17-15-9-13(20(2,18)19)7-8-14(15)16/h3-9,17H,10H2,1-2H3. The van der Waals surface area contributed by atoms with Gasteiger partial charge in [-0.1, -0.05) is 35.9 Å². The van der Waals surface area contributed by atoms with Gasteiger partial charge in [0.2, 0.25) is 0 Å². The van der Waals surface area contributed by atoms with Crippen molar-refractivity contribution >= 4 is 27.1 Å². The highest BCUT2D eigenvalue weighted by atomic mass is 35.5. The molecule has 0 amide bonds. The smallest absolute Gasteiger partial charge is 0.175 e. The first-order valence-electron chi connectivity index (χ1n) is 6.16. The zero-order valence-electron chi connectivity index (χ0n) is 11.4. The molecule has 2 aromatic rings. The van der Waals surface area contributed by atoms with Gasteiger partial charge in [0, 0.05) is 12.8 Å². The summed E-state index contributed by atoms with van der Waals surface area (Å²) < 4.78 is 23.1. The first-order chi connectivity index (χ1) is 9.38. The molecular formula is C15H16ClNO2S. The molecule has 0 atom stereocenters. The Bertz CT molecular complexity index is 726. The molecule has 0 unspecified atom stereocenters. The van der Waals surface area contributed by atoms with Crippen LogP contribution in [-0.2, 0) is 16.4 Å². The van der Waals surface area contributed by atoms with E-state index in [0.717, 1.165) is 5.56 Å². The van der Waals surface area contributed by atoms with Crippen molar-refractivity contribution in [2.24, 2.45) is 0 Å². The van der Waals surface area contributed by atoms with E-state index in [1.54, 1.807) is 12.1 Å². The molecule has 2 rings (SSSR count). The van der Waals surface area contributed by atoms with Crippen molar-refractivity contribution in [2.75, 3.05) is 11.6 Å². The molecule has 5 heteroatoms. The number of rotatable bonds is 4. The van der Waals surface area contributed by atoms with Crippen molar-refractivity contribution in [3.63, 3.8) is 0 Å². The van der Waals surface area contributed by atoms with E-state index in [9.17, 15) is 8.42 Å². The minimum absolute atomic E-state index is 0.259. The van der Waals surface area contributed by atoms with Gasteiger partial charge in [-0.2, -0.15) is 0 Å². The van der Waals surface area contributed by atoms with Gasteiger partial charge < -0.3 is 5.32 Å². The maximum absolute atomic E-state index is 11.6. The second-order valence-electron chi connectivity index (χ2n) is 4.69. The van der Waals surface area contributed by atoms with Crippen LogP contribution in [0.5, 0.6) is 0 Å². The number of hydrogen-bond donors (Lipinski definition) is 1. The van der Waals surface area contributed by atoms with Gasteiger partial charge in [-0.25, -0.2) is 8.42 Å². The van der Waals surface area contributed by atoms with Gasteiger partial charge in [0.25, 0.3) is 0 Å². The van der Waals surface area contributed by atoms with Crippen molar-refractivity contribution in [2.45, 2.75) is 18.4 Å². The van der Waals surface area contributed by atoms with Gasteiger partial charge in [-0.3, -0.25) is 0 Å². The molecule has 0 aliphatic heterocycles. The predicted octanol–water partition coefficient (Wildman–Crippen LogP) is 3.66. The second kappa shape index (κ2) is 5.85. The number of hydrogen-bond acceptors (Lipinski definition) is 3. The molecule has 0 radical (unpaired) electrons. The summed E-state index contributed by atoms with van der Waals surface area (Å²) in [4.78, 5) is 0.259. The molecule has 106 valence electrons. The monoisotopic (exact) mass is 309 g/mol. The van der Waals surface area contributed by atoms with Crippen molar-refractivity contribution in [1.82, 2.24) is 0 Å². The van der Waals surface area contributed by atoms with E-state index < -0.39 is 9.84 Å².